The van der Waals surface area contributed by atoms with Crippen LogP contribution in [0.25, 0.3) is 17.0 Å². The van der Waals surface area contributed by atoms with Gasteiger partial charge in [-0.15, -0.1) is 0 Å². The summed E-state index contributed by atoms with van der Waals surface area (Å²) in [7, 11) is 3.87. The first kappa shape index (κ1) is 27.8. The third kappa shape index (κ3) is 6.67. The summed E-state index contributed by atoms with van der Waals surface area (Å²) < 4.78 is 5.69. The molecule has 1 unspecified atom stereocenters. The molecule has 4 heterocycles. The average Bonchev–Trinajstić information content (AvgIpc) is 3.54. The van der Waals surface area contributed by atoms with E-state index in [-0.39, 0.29) is 12.3 Å². The second-order valence-electron chi connectivity index (χ2n) is 10.6. The summed E-state index contributed by atoms with van der Waals surface area (Å²) in [5.41, 5.74) is 4.35. The van der Waals surface area contributed by atoms with Crippen molar-refractivity contribution in [2.24, 2.45) is 4.99 Å². The number of nitrogens with zero attached hydrogens (tertiary/aromatic N) is 5. The number of carbonyl (C=O) groups is 1. The number of methoxy groups -OCH3 is 1. The van der Waals surface area contributed by atoms with Crippen molar-refractivity contribution in [2.45, 2.75) is 38.6 Å². The minimum Gasteiger partial charge on any atom is -0.358 e. The SMILES string of the molecule is C=C(/C=C/c1ccccn1)NC(C)=Nc1ccc2[nH]c(CC(=O)N3CCC(N4CCN(C)C4OC)CC3)cc2c1. The van der Waals surface area contributed by atoms with E-state index in [0.717, 1.165) is 78.5 Å². The molecular formula is C31H39N7O2. The Labute approximate surface area is 236 Å². The number of carbonyl (C=O) groups excluding carboxylic acids is 1. The lowest BCUT2D eigenvalue weighted by Gasteiger charge is -2.39. The lowest BCUT2D eigenvalue weighted by atomic mass is 10.0. The van der Waals surface area contributed by atoms with Gasteiger partial charge in [0.25, 0.3) is 0 Å². The van der Waals surface area contributed by atoms with Crippen LogP contribution in [-0.2, 0) is 16.0 Å². The zero-order chi connectivity index (χ0) is 28.1. The lowest BCUT2D eigenvalue weighted by molar-refractivity contribution is -0.134. The van der Waals surface area contributed by atoms with Gasteiger partial charge in [0, 0.05) is 67.8 Å². The molecular weight excluding hydrogens is 502 g/mol. The number of likely N-dealkylation sites (tertiary alicyclic amines) is 1. The number of hydrogen-bond acceptors (Lipinski definition) is 6. The van der Waals surface area contributed by atoms with E-state index in [2.05, 4.69) is 44.8 Å². The fourth-order valence-corrected chi connectivity index (χ4v) is 5.65. The molecule has 3 aromatic rings. The van der Waals surface area contributed by atoms with E-state index in [1.807, 2.05) is 60.4 Å². The number of aliphatic imine (C=N–C) groups is 1. The largest absolute Gasteiger partial charge is 0.358 e. The summed E-state index contributed by atoms with van der Waals surface area (Å²) in [5, 5.41) is 4.25. The number of aromatic nitrogens is 2. The van der Waals surface area contributed by atoms with Crippen LogP contribution in [0.15, 0.2) is 72.0 Å². The second kappa shape index (κ2) is 12.6. The smallest absolute Gasteiger partial charge is 0.228 e. The zero-order valence-corrected chi connectivity index (χ0v) is 23.6. The number of likely N-dealkylation sites (N-methyl/N-ethyl adjacent to an activating group) is 1. The van der Waals surface area contributed by atoms with E-state index < -0.39 is 0 Å². The Balaban J connectivity index is 1.15. The van der Waals surface area contributed by atoms with E-state index >= 15 is 0 Å². The van der Waals surface area contributed by atoms with Crippen molar-refractivity contribution in [3.05, 3.63) is 78.4 Å². The summed E-state index contributed by atoms with van der Waals surface area (Å²) in [4.78, 5) is 32.2. The van der Waals surface area contributed by atoms with Crippen LogP contribution in [0.4, 0.5) is 5.69 Å². The molecule has 0 spiro atoms. The van der Waals surface area contributed by atoms with Crippen LogP contribution in [0.3, 0.4) is 0 Å². The number of H-pyrrole nitrogens is 1. The molecule has 2 aromatic heterocycles. The molecule has 0 radical (unpaired) electrons. The summed E-state index contributed by atoms with van der Waals surface area (Å²) in [6, 6.07) is 14.3. The molecule has 210 valence electrons. The molecule has 9 nitrogen and oxygen atoms in total. The normalized spacial score (nSPS) is 19.6. The van der Waals surface area contributed by atoms with Gasteiger partial charge in [0.15, 0.2) is 6.35 Å². The third-order valence-electron chi connectivity index (χ3n) is 7.65. The molecule has 1 aromatic carbocycles. The molecule has 2 saturated heterocycles. The van der Waals surface area contributed by atoms with E-state index in [9.17, 15) is 4.79 Å². The number of aromatic amines is 1. The molecule has 2 aliphatic heterocycles. The quantitative estimate of drug-likeness (QED) is 0.253. The Hall–Kier alpha value is -3.79. The van der Waals surface area contributed by atoms with Gasteiger partial charge >= 0.3 is 0 Å². The second-order valence-corrected chi connectivity index (χ2v) is 10.6. The average molecular weight is 542 g/mol. The summed E-state index contributed by atoms with van der Waals surface area (Å²) in [6.45, 7) is 9.56. The molecule has 1 atom stereocenters. The molecule has 0 aliphatic carbocycles. The predicted octanol–water partition coefficient (Wildman–Crippen LogP) is 4.14. The van der Waals surface area contributed by atoms with Crippen LogP contribution >= 0.6 is 0 Å². The predicted molar refractivity (Wildman–Crippen MR) is 160 cm³/mol. The molecule has 2 fully saturated rings. The van der Waals surface area contributed by atoms with Gasteiger partial charge in [0.1, 0.15) is 5.84 Å². The fraction of sp³-hybridized carbons (Fsp3) is 0.387. The maximum absolute atomic E-state index is 13.1. The zero-order valence-electron chi connectivity index (χ0n) is 23.6. The van der Waals surface area contributed by atoms with Gasteiger partial charge in [-0.2, -0.15) is 0 Å². The molecule has 9 heteroatoms. The number of hydrogen-bond donors (Lipinski definition) is 2. The third-order valence-corrected chi connectivity index (χ3v) is 7.65. The van der Waals surface area contributed by atoms with Crippen LogP contribution < -0.4 is 5.32 Å². The highest BCUT2D eigenvalue weighted by Crippen LogP contribution is 2.25. The van der Waals surface area contributed by atoms with Gasteiger partial charge in [-0.25, -0.2) is 4.99 Å². The number of rotatable bonds is 8. The van der Waals surface area contributed by atoms with Crippen molar-refractivity contribution in [3.8, 4) is 0 Å². The highest BCUT2D eigenvalue weighted by molar-refractivity contribution is 5.89. The Morgan fingerprint density at radius 1 is 1.20 bits per heavy atom. The van der Waals surface area contributed by atoms with E-state index in [0.29, 0.717) is 12.5 Å². The van der Waals surface area contributed by atoms with Crippen molar-refractivity contribution in [1.29, 1.82) is 0 Å². The Morgan fingerprint density at radius 2 is 2.02 bits per heavy atom. The highest BCUT2D eigenvalue weighted by Gasteiger charge is 2.36. The van der Waals surface area contributed by atoms with Crippen LogP contribution in [0.5, 0.6) is 0 Å². The standard InChI is InChI=1S/C31H39N7O2/c1-22(8-9-25-7-5-6-14-32-25)33-23(2)34-26-10-11-29-24(19-26)20-27(35-29)21-30(39)37-15-12-28(13-16-37)38-18-17-36(3)31(38)40-4/h5-11,14,19-20,28,31,35H,1,12-13,15-18,21H2,2-4H3,(H,33,34)/b9-8+. The number of allylic oxidation sites excluding steroid dienone is 1. The maximum atomic E-state index is 13.1. The Kier molecular flexibility index (Phi) is 8.74. The number of fused-ring (bicyclic) bond motifs is 1. The molecule has 40 heavy (non-hydrogen) atoms. The van der Waals surface area contributed by atoms with Crippen molar-refractivity contribution in [2.75, 3.05) is 40.3 Å². The van der Waals surface area contributed by atoms with Crippen molar-refractivity contribution < 1.29 is 9.53 Å². The van der Waals surface area contributed by atoms with Crippen molar-refractivity contribution in [3.63, 3.8) is 0 Å². The highest BCUT2D eigenvalue weighted by atomic mass is 16.5. The number of amidine groups is 1. The topological polar surface area (TPSA) is 89.1 Å². The first-order valence-electron chi connectivity index (χ1n) is 13.9. The number of benzene rings is 1. The van der Waals surface area contributed by atoms with Crippen LogP contribution in [0.1, 0.15) is 31.2 Å². The van der Waals surface area contributed by atoms with E-state index in [4.69, 9.17) is 9.73 Å². The van der Waals surface area contributed by atoms with Crippen LogP contribution in [0.2, 0.25) is 0 Å². The number of amides is 1. The Bertz CT molecular complexity index is 1390. The maximum Gasteiger partial charge on any atom is 0.228 e. The fourth-order valence-electron chi connectivity index (χ4n) is 5.65. The van der Waals surface area contributed by atoms with Gasteiger partial charge in [0.2, 0.25) is 5.91 Å². The van der Waals surface area contributed by atoms with Gasteiger partial charge in [-0.3, -0.25) is 19.6 Å². The van der Waals surface area contributed by atoms with E-state index in [1.54, 1.807) is 13.3 Å². The van der Waals surface area contributed by atoms with Gasteiger partial charge in [-0.05, 0) is 75.4 Å². The minimum absolute atomic E-state index is 0.0419. The lowest BCUT2D eigenvalue weighted by Crippen LogP contribution is -2.50. The molecule has 2 aliphatic rings. The number of pyridine rings is 1. The first-order chi connectivity index (χ1) is 19.4. The molecule has 5 rings (SSSR count). The summed E-state index contributed by atoms with van der Waals surface area (Å²) >= 11 is 0. The molecule has 0 saturated carbocycles. The van der Waals surface area contributed by atoms with Gasteiger partial charge < -0.3 is 19.9 Å². The Morgan fingerprint density at radius 3 is 2.77 bits per heavy atom. The van der Waals surface area contributed by atoms with Crippen LogP contribution in [0, 0.1) is 0 Å². The van der Waals surface area contributed by atoms with E-state index in [1.165, 1.54) is 0 Å². The summed E-state index contributed by atoms with van der Waals surface area (Å²) in [6.07, 6.45) is 7.91. The minimum atomic E-state index is 0.0419. The monoisotopic (exact) mass is 541 g/mol. The summed E-state index contributed by atoms with van der Waals surface area (Å²) in [5.74, 6) is 0.907. The van der Waals surface area contributed by atoms with Gasteiger partial charge in [0.05, 0.1) is 17.8 Å². The van der Waals surface area contributed by atoms with Gasteiger partial charge in [-0.1, -0.05) is 12.6 Å². The molecule has 1 amide bonds. The first-order valence-corrected chi connectivity index (χ1v) is 13.9. The molecule has 2 N–H and O–H groups in total. The number of ether oxygens (including phenoxy) is 1. The molecule has 0 bridgehead atoms. The number of nitrogens with one attached hydrogen (secondary N) is 2. The number of piperidine rings is 1. The van der Waals surface area contributed by atoms with Crippen molar-refractivity contribution in [1.82, 2.24) is 30.0 Å². The van der Waals surface area contributed by atoms with Crippen LogP contribution in [-0.4, -0.2) is 89.1 Å². The van der Waals surface area contributed by atoms with Crippen molar-refractivity contribution >= 4 is 34.4 Å².